The first-order chi connectivity index (χ1) is 16.2. The highest BCUT2D eigenvalue weighted by atomic mass is 32.1. The highest BCUT2D eigenvalue weighted by molar-refractivity contribution is 7.17. The molecule has 0 aliphatic carbocycles. The van der Waals surface area contributed by atoms with Crippen LogP contribution in [0.4, 0.5) is 5.13 Å². The van der Waals surface area contributed by atoms with Gasteiger partial charge in [0.25, 0.3) is 5.91 Å². The van der Waals surface area contributed by atoms with Crippen molar-refractivity contribution in [1.29, 1.82) is 0 Å². The number of carbonyl (C=O) groups is 2. The molecule has 0 bridgehead atoms. The maximum atomic E-state index is 13.0. The molecule has 0 saturated heterocycles. The molecule has 0 atom stereocenters. The second kappa shape index (κ2) is 11.2. The smallest absolute Gasteiger partial charge is 0.263 e. The Hall–Kier alpha value is -3.77. The monoisotopic (exact) mass is 455 g/mol. The van der Waals surface area contributed by atoms with Gasteiger partial charge in [0.2, 0.25) is 5.91 Å². The molecule has 4 aromatic rings. The van der Waals surface area contributed by atoms with Crippen LogP contribution < -0.4 is 10.6 Å². The van der Waals surface area contributed by atoms with Crippen LogP contribution in [0, 0.1) is 0 Å². The summed E-state index contributed by atoms with van der Waals surface area (Å²) in [5.74, 6) is -0.304. The highest BCUT2D eigenvalue weighted by Gasteiger charge is 2.19. The van der Waals surface area contributed by atoms with E-state index in [1.165, 1.54) is 11.3 Å². The largest absolute Gasteiger partial charge is 0.347 e. The molecule has 6 heteroatoms. The van der Waals surface area contributed by atoms with Gasteiger partial charge in [0.1, 0.15) is 4.88 Å². The van der Waals surface area contributed by atoms with Crippen molar-refractivity contribution in [3.8, 4) is 0 Å². The van der Waals surface area contributed by atoms with Gasteiger partial charge < -0.3 is 10.6 Å². The van der Waals surface area contributed by atoms with E-state index >= 15 is 0 Å². The van der Waals surface area contributed by atoms with Crippen LogP contribution in [0.3, 0.4) is 0 Å². The van der Waals surface area contributed by atoms with Crippen LogP contribution in [-0.2, 0) is 24.2 Å². The second-order valence-electron chi connectivity index (χ2n) is 7.66. The lowest BCUT2D eigenvalue weighted by Gasteiger charge is -2.05. The molecule has 1 heterocycles. The van der Waals surface area contributed by atoms with Crippen LogP contribution in [0.5, 0.6) is 0 Å². The first-order valence-electron chi connectivity index (χ1n) is 10.9. The Labute approximate surface area is 197 Å². The zero-order valence-corrected chi connectivity index (χ0v) is 19.0. The number of nitrogens with one attached hydrogen (secondary N) is 2. The molecule has 166 valence electrons. The van der Waals surface area contributed by atoms with Crippen LogP contribution in [0.2, 0.25) is 0 Å². The summed E-state index contributed by atoms with van der Waals surface area (Å²) < 4.78 is 0. The average molecular weight is 456 g/mol. The number of rotatable bonds is 9. The number of hydrogen-bond donors (Lipinski definition) is 2. The van der Waals surface area contributed by atoms with Gasteiger partial charge in [0.15, 0.2) is 5.13 Å². The minimum Gasteiger partial charge on any atom is -0.347 e. The summed E-state index contributed by atoms with van der Waals surface area (Å²) in [4.78, 5) is 30.6. The van der Waals surface area contributed by atoms with E-state index in [0.29, 0.717) is 41.5 Å². The van der Waals surface area contributed by atoms with Gasteiger partial charge in [-0.1, -0.05) is 102 Å². The number of benzene rings is 3. The molecule has 1 aromatic heterocycles. The molecule has 0 saturated carbocycles. The van der Waals surface area contributed by atoms with Gasteiger partial charge in [-0.25, -0.2) is 4.98 Å². The Kier molecular flexibility index (Phi) is 7.61. The third-order valence-corrected chi connectivity index (χ3v) is 6.16. The molecule has 0 aliphatic heterocycles. The molecule has 3 aromatic carbocycles. The Morgan fingerprint density at radius 3 is 1.97 bits per heavy atom. The van der Waals surface area contributed by atoms with Gasteiger partial charge in [0, 0.05) is 19.4 Å². The van der Waals surface area contributed by atoms with E-state index in [-0.39, 0.29) is 11.8 Å². The fourth-order valence-electron chi connectivity index (χ4n) is 3.43. The number of amides is 2. The van der Waals surface area contributed by atoms with Crippen molar-refractivity contribution >= 4 is 28.3 Å². The normalized spacial score (nSPS) is 10.5. The zero-order valence-electron chi connectivity index (χ0n) is 18.2. The van der Waals surface area contributed by atoms with Gasteiger partial charge in [-0.15, -0.1) is 0 Å². The van der Waals surface area contributed by atoms with Gasteiger partial charge in [-0.3, -0.25) is 9.59 Å². The Morgan fingerprint density at radius 2 is 1.33 bits per heavy atom. The molecule has 2 amide bonds. The second-order valence-corrected chi connectivity index (χ2v) is 8.66. The molecular formula is C27H25N3O2S. The van der Waals surface area contributed by atoms with Gasteiger partial charge in [0.05, 0.1) is 5.69 Å². The SMILES string of the molecule is O=C(CCc1ccccc1)Nc1nc(Cc2ccccc2)c(C(=O)NCc2ccccc2)s1. The summed E-state index contributed by atoms with van der Waals surface area (Å²) in [6, 6.07) is 29.5. The lowest BCUT2D eigenvalue weighted by Crippen LogP contribution is -2.23. The van der Waals surface area contributed by atoms with E-state index in [0.717, 1.165) is 16.7 Å². The summed E-state index contributed by atoms with van der Waals surface area (Å²) in [7, 11) is 0. The van der Waals surface area contributed by atoms with Gasteiger partial charge in [-0.2, -0.15) is 0 Å². The molecule has 0 unspecified atom stereocenters. The van der Waals surface area contributed by atoms with E-state index in [1.54, 1.807) is 0 Å². The average Bonchev–Trinajstić information content (AvgIpc) is 3.25. The minimum atomic E-state index is -0.188. The number of anilines is 1. The van der Waals surface area contributed by atoms with Crippen molar-refractivity contribution in [2.24, 2.45) is 0 Å². The van der Waals surface area contributed by atoms with E-state index in [1.807, 2.05) is 91.0 Å². The fraction of sp³-hybridized carbons (Fsp3) is 0.148. The number of aryl methyl sites for hydroxylation is 1. The van der Waals surface area contributed by atoms with Crippen LogP contribution in [0.15, 0.2) is 91.0 Å². The molecule has 33 heavy (non-hydrogen) atoms. The standard InChI is InChI=1S/C27H25N3O2S/c31-24(17-16-20-10-4-1-5-11-20)30-27-29-23(18-21-12-6-2-7-13-21)25(33-27)26(32)28-19-22-14-8-3-9-15-22/h1-15H,16-19H2,(H,28,32)(H,29,30,31). The number of hydrogen-bond acceptors (Lipinski definition) is 4. The summed E-state index contributed by atoms with van der Waals surface area (Å²) in [5, 5.41) is 6.30. The predicted molar refractivity (Wildman–Crippen MR) is 132 cm³/mol. The first-order valence-corrected chi connectivity index (χ1v) is 11.7. The number of thiazole rings is 1. The highest BCUT2D eigenvalue weighted by Crippen LogP contribution is 2.26. The van der Waals surface area contributed by atoms with Crippen molar-refractivity contribution < 1.29 is 9.59 Å². The Bertz CT molecular complexity index is 1190. The van der Waals surface area contributed by atoms with Crippen molar-refractivity contribution in [2.75, 3.05) is 5.32 Å². The topological polar surface area (TPSA) is 71.1 Å². The Morgan fingerprint density at radius 1 is 0.758 bits per heavy atom. The molecule has 0 radical (unpaired) electrons. The minimum absolute atomic E-state index is 0.116. The molecular weight excluding hydrogens is 430 g/mol. The molecule has 0 spiro atoms. The lowest BCUT2D eigenvalue weighted by atomic mass is 10.1. The molecule has 4 rings (SSSR count). The van der Waals surface area contributed by atoms with Crippen LogP contribution >= 0.6 is 11.3 Å². The number of nitrogens with zero attached hydrogens (tertiary/aromatic N) is 1. The summed E-state index contributed by atoms with van der Waals surface area (Å²) in [6.07, 6.45) is 1.53. The summed E-state index contributed by atoms with van der Waals surface area (Å²) in [5.41, 5.74) is 3.85. The molecule has 5 nitrogen and oxygen atoms in total. The van der Waals surface area contributed by atoms with E-state index in [2.05, 4.69) is 15.6 Å². The third kappa shape index (κ3) is 6.60. The summed E-state index contributed by atoms with van der Waals surface area (Å²) in [6.45, 7) is 0.432. The fourth-order valence-corrected chi connectivity index (χ4v) is 4.35. The lowest BCUT2D eigenvalue weighted by molar-refractivity contribution is -0.116. The number of carbonyl (C=O) groups excluding carboxylic acids is 2. The van der Waals surface area contributed by atoms with Crippen molar-refractivity contribution in [2.45, 2.75) is 25.8 Å². The van der Waals surface area contributed by atoms with Crippen LogP contribution in [0.1, 0.15) is 38.5 Å². The van der Waals surface area contributed by atoms with Crippen molar-refractivity contribution in [1.82, 2.24) is 10.3 Å². The van der Waals surface area contributed by atoms with E-state index in [9.17, 15) is 9.59 Å². The number of aromatic nitrogens is 1. The van der Waals surface area contributed by atoms with Crippen molar-refractivity contribution in [3.05, 3.63) is 118 Å². The van der Waals surface area contributed by atoms with E-state index in [4.69, 9.17) is 0 Å². The molecule has 2 N–H and O–H groups in total. The van der Waals surface area contributed by atoms with Gasteiger partial charge in [-0.05, 0) is 23.1 Å². The predicted octanol–water partition coefficient (Wildman–Crippen LogP) is 5.24. The van der Waals surface area contributed by atoms with Crippen LogP contribution in [-0.4, -0.2) is 16.8 Å². The molecule has 0 aliphatic rings. The first kappa shape index (κ1) is 22.4. The molecule has 0 fully saturated rings. The Balaban J connectivity index is 1.46. The maximum Gasteiger partial charge on any atom is 0.263 e. The third-order valence-electron chi connectivity index (χ3n) is 5.14. The van der Waals surface area contributed by atoms with Gasteiger partial charge >= 0.3 is 0 Å². The zero-order chi connectivity index (χ0) is 22.9. The summed E-state index contributed by atoms with van der Waals surface area (Å²) >= 11 is 1.22. The maximum absolute atomic E-state index is 13.0. The van der Waals surface area contributed by atoms with Crippen LogP contribution in [0.25, 0.3) is 0 Å². The van der Waals surface area contributed by atoms with Crippen molar-refractivity contribution in [3.63, 3.8) is 0 Å². The quantitative estimate of drug-likeness (QED) is 0.363. The van der Waals surface area contributed by atoms with E-state index < -0.39 is 0 Å².